The molecule has 4 heavy (non-hydrogen) atoms. The molecule has 0 aliphatic rings. The second-order valence-corrected chi connectivity index (χ2v) is 0. The maximum atomic E-state index is 0. The Bertz CT molecular complexity index is 8.00. The van der Waals surface area contributed by atoms with Gasteiger partial charge in [0.2, 0.25) is 0 Å². The van der Waals surface area contributed by atoms with Crippen molar-refractivity contribution < 1.29 is 0 Å². The van der Waals surface area contributed by atoms with Crippen LogP contribution in [0.25, 0.3) is 0 Å². The summed E-state index contributed by atoms with van der Waals surface area (Å²) in [4.78, 5) is 0. The molecule has 0 unspecified atom stereocenters. The second kappa shape index (κ2) is 15.8. The van der Waals surface area contributed by atoms with Gasteiger partial charge in [-0.25, -0.2) is 0 Å². The smallest absolute Gasteiger partial charge is 0 e. The van der Waals surface area contributed by atoms with Gasteiger partial charge in [0.1, 0.15) is 0 Å². The zero-order valence-electron chi connectivity index (χ0n) is 2.56. The third kappa shape index (κ3) is 9.32. The van der Waals surface area contributed by atoms with Crippen LogP contribution in [0.3, 0.4) is 0 Å². The predicted octanol–water partition coefficient (Wildman–Crippen LogP) is -1.52. The fourth-order valence-electron chi connectivity index (χ4n) is 0. The van der Waals surface area contributed by atoms with Gasteiger partial charge in [-0.2, -0.15) is 0 Å². The van der Waals surface area contributed by atoms with Gasteiger partial charge >= 0.3 is 0 Å². The molecular formula is BaNaSbSe. The van der Waals surface area contributed by atoms with Crippen LogP contribution in [0.15, 0.2) is 0 Å². The standard InChI is InChI=1S/Ba.Na.Sb.Se. The van der Waals surface area contributed by atoms with Crippen LogP contribution < -0.4 is 0 Å². The summed E-state index contributed by atoms with van der Waals surface area (Å²) < 4.78 is 0. The Morgan fingerprint density at radius 1 is 1.00 bits per heavy atom. The molecule has 0 atom stereocenters. The summed E-state index contributed by atoms with van der Waals surface area (Å²) in [5.41, 5.74) is 0. The molecule has 0 N–H and O–H groups in total. The first-order valence-electron chi connectivity index (χ1n) is 0. The topological polar surface area (TPSA) is 0 Å². The second-order valence-electron chi connectivity index (χ2n) is 0. The fourth-order valence-corrected chi connectivity index (χ4v) is 0. The largest absolute Gasteiger partial charge is 0 e. The molecule has 0 spiro atoms. The Labute approximate surface area is 117 Å². The van der Waals surface area contributed by atoms with Gasteiger partial charge < -0.3 is 0 Å². The van der Waals surface area contributed by atoms with Crippen LogP contribution in [0.4, 0.5) is 0 Å². The van der Waals surface area contributed by atoms with E-state index in [1.165, 1.54) is 0 Å². The van der Waals surface area contributed by atoms with E-state index in [9.17, 15) is 0 Å². The SMILES string of the molecule is [Ba].[Na].[Sb].[Se]. The Morgan fingerprint density at radius 2 is 1.00 bits per heavy atom. The summed E-state index contributed by atoms with van der Waals surface area (Å²) in [7, 11) is 0. The minimum atomic E-state index is 0. The molecule has 0 heterocycles. The first-order chi connectivity index (χ1) is 0. The third-order valence-corrected chi connectivity index (χ3v) is 0. The van der Waals surface area contributed by atoms with Crippen molar-refractivity contribution in [1.29, 1.82) is 0 Å². The molecule has 0 aliphatic heterocycles. The predicted molar refractivity (Wildman–Crippen MR) is 23.0 cm³/mol. The van der Waals surface area contributed by atoms with Crippen molar-refractivity contribution >= 4 is 120 Å². The quantitative estimate of drug-likeness (QED) is 0.460. The Hall–Kier alpha value is 3.91. The van der Waals surface area contributed by atoms with E-state index in [-0.39, 0.29) is 120 Å². The van der Waals surface area contributed by atoms with Gasteiger partial charge in [-0.05, 0) is 0 Å². The molecule has 0 saturated heterocycles. The van der Waals surface area contributed by atoms with Crippen LogP contribution in [-0.4, -0.2) is 120 Å². The third-order valence-electron chi connectivity index (χ3n) is 0. The van der Waals surface area contributed by atoms with E-state index in [1.54, 1.807) is 0 Å². The van der Waals surface area contributed by atoms with Gasteiger partial charge in [-0.3, -0.25) is 0 Å². The van der Waals surface area contributed by atoms with E-state index in [2.05, 4.69) is 0 Å². The molecule has 14 valence electrons. The number of rotatable bonds is 0. The summed E-state index contributed by atoms with van der Waals surface area (Å²) in [5.74, 6) is 0. The Morgan fingerprint density at radius 3 is 1.00 bits per heavy atom. The zero-order chi connectivity index (χ0) is 0. The van der Waals surface area contributed by atoms with Crippen molar-refractivity contribution in [2.75, 3.05) is 0 Å². The molecule has 4 heteroatoms. The molecule has 0 amide bonds. The van der Waals surface area contributed by atoms with Gasteiger partial charge in [0.05, 0.1) is 0 Å². The monoisotopic (exact) mass is 362 g/mol. The van der Waals surface area contributed by atoms with Crippen molar-refractivity contribution in [3.05, 3.63) is 0 Å². The molecule has 0 aromatic carbocycles. The van der Waals surface area contributed by atoms with Gasteiger partial charge in [0.25, 0.3) is 0 Å². The Balaban J connectivity index is 0. The summed E-state index contributed by atoms with van der Waals surface area (Å²) in [5, 5.41) is 0. The van der Waals surface area contributed by atoms with Crippen LogP contribution in [0, 0.1) is 0 Å². The van der Waals surface area contributed by atoms with Gasteiger partial charge in [-0.1, -0.05) is 0 Å². The van der Waals surface area contributed by atoms with Gasteiger partial charge in [-0.15, -0.1) is 0 Å². The van der Waals surface area contributed by atoms with Gasteiger partial charge in [0.15, 0.2) is 0 Å². The number of hydrogen-bond acceptors (Lipinski definition) is 0. The molecule has 0 aliphatic carbocycles. The van der Waals surface area contributed by atoms with Crippen LogP contribution >= 0.6 is 0 Å². The van der Waals surface area contributed by atoms with Crippen molar-refractivity contribution in [2.24, 2.45) is 0 Å². The van der Waals surface area contributed by atoms with E-state index in [1.807, 2.05) is 0 Å². The van der Waals surface area contributed by atoms with E-state index in [4.69, 9.17) is 0 Å². The maximum Gasteiger partial charge on any atom is 0 e. The maximum absolute atomic E-state index is 0. The molecule has 0 nitrogen and oxygen atoms in total. The first-order valence-corrected chi connectivity index (χ1v) is 0. The summed E-state index contributed by atoms with van der Waals surface area (Å²) in [6, 6.07) is 0. The van der Waals surface area contributed by atoms with Crippen LogP contribution in [0.1, 0.15) is 0 Å². The molecule has 0 bridgehead atoms. The van der Waals surface area contributed by atoms with Crippen LogP contribution in [0.5, 0.6) is 0 Å². The van der Waals surface area contributed by atoms with E-state index in [0.29, 0.717) is 0 Å². The molecule has 0 fully saturated rings. The summed E-state index contributed by atoms with van der Waals surface area (Å²) >= 11 is 0. The van der Waals surface area contributed by atoms with E-state index in [0.717, 1.165) is 0 Å². The van der Waals surface area contributed by atoms with E-state index < -0.39 is 0 Å². The average molecular weight is 361 g/mol. The van der Waals surface area contributed by atoms with Crippen LogP contribution in [0.2, 0.25) is 0 Å². The van der Waals surface area contributed by atoms with Crippen molar-refractivity contribution in [1.82, 2.24) is 0 Å². The van der Waals surface area contributed by atoms with Crippen molar-refractivity contribution in [3.8, 4) is 0 Å². The average Bonchev–Trinajstić information content (AvgIpc) is 0. The molecule has 0 aromatic heterocycles. The van der Waals surface area contributed by atoms with Crippen molar-refractivity contribution in [3.63, 3.8) is 0 Å². The minimum Gasteiger partial charge on any atom is 0 e. The fraction of sp³-hybridized carbons (Fsp3) is 0. The summed E-state index contributed by atoms with van der Waals surface area (Å²) in [6.45, 7) is 0. The normalized spacial score (nSPS) is 0. The molecule has 8 radical (unpaired) electrons. The Kier molecular flexibility index (Phi) is 97.5. The van der Waals surface area contributed by atoms with E-state index >= 15 is 0 Å². The van der Waals surface area contributed by atoms with Crippen LogP contribution in [-0.2, 0) is 0 Å². The zero-order valence-corrected chi connectivity index (χ0v) is 13.3. The first kappa shape index (κ1) is 24.7. The molecule has 0 rings (SSSR count). The van der Waals surface area contributed by atoms with Gasteiger partial charge in [0, 0.05) is 120 Å². The minimum absolute atomic E-state index is 0. The number of hydrogen-bond donors (Lipinski definition) is 0. The molecular weight excluding hydrogens is 361 g/mol. The molecule has 0 saturated carbocycles. The van der Waals surface area contributed by atoms with Crippen molar-refractivity contribution in [2.45, 2.75) is 0 Å². The summed E-state index contributed by atoms with van der Waals surface area (Å²) in [6.07, 6.45) is 0. The molecule has 0 aromatic rings.